The molecule has 2 aromatic carbocycles. The first-order valence-corrected chi connectivity index (χ1v) is 8.60. The van der Waals surface area contributed by atoms with Crippen molar-refractivity contribution in [3.63, 3.8) is 0 Å². The summed E-state index contributed by atoms with van der Waals surface area (Å²) in [6, 6.07) is 6.40. The van der Waals surface area contributed by atoms with Gasteiger partial charge in [0.05, 0.1) is 29.2 Å². The molecule has 2 rings (SSSR count). The van der Waals surface area contributed by atoms with Gasteiger partial charge in [0.2, 0.25) is 0 Å². The maximum absolute atomic E-state index is 12.5. The number of nitro benzene ring substituents is 1. The van der Waals surface area contributed by atoms with Crippen molar-refractivity contribution in [2.24, 2.45) is 10.2 Å². The molecular weight excluding hydrogens is 428 g/mol. The predicted molar refractivity (Wildman–Crippen MR) is 108 cm³/mol. The van der Waals surface area contributed by atoms with Gasteiger partial charge in [-0.25, -0.2) is 9.59 Å². The summed E-state index contributed by atoms with van der Waals surface area (Å²) in [7, 11) is 1.24. The maximum atomic E-state index is 12.5. The number of nitrogens with one attached hydrogen (secondary N) is 1. The van der Waals surface area contributed by atoms with E-state index in [9.17, 15) is 29.6 Å². The normalized spacial score (nSPS) is 11.6. The number of nitrogens with zero attached hydrogens (tertiary/aromatic N) is 3. The molecule has 0 radical (unpaired) electrons. The van der Waals surface area contributed by atoms with E-state index in [-0.39, 0.29) is 33.9 Å². The molecular formula is C19H16N4O9. The molecule has 4 N–H and O–H groups in total. The summed E-state index contributed by atoms with van der Waals surface area (Å²) in [6.07, 6.45) is 0. The van der Waals surface area contributed by atoms with Crippen LogP contribution in [-0.2, 0) is 4.79 Å². The van der Waals surface area contributed by atoms with Crippen molar-refractivity contribution in [1.29, 1.82) is 0 Å². The number of benzene rings is 2. The Kier molecular flexibility index (Phi) is 7.18. The van der Waals surface area contributed by atoms with Gasteiger partial charge in [-0.1, -0.05) is 0 Å². The van der Waals surface area contributed by atoms with Crippen LogP contribution in [0.3, 0.4) is 0 Å². The molecule has 0 fully saturated rings. The Morgan fingerprint density at radius 1 is 1.03 bits per heavy atom. The summed E-state index contributed by atoms with van der Waals surface area (Å²) in [5.41, 5.74) is -1.77. The minimum atomic E-state index is -1.41. The van der Waals surface area contributed by atoms with Crippen molar-refractivity contribution in [2.75, 3.05) is 12.4 Å². The summed E-state index contributed by atoms with van der Waals surface area (Å²) in [4.78, 5) is 45.2. The zero-order valence-corrected chi connectivity index (χ0v) is 16.6. The molecule has 0 unspecified atom stereocenters. The molecule has 0 aromatic heterocycles. The van der Waals surface area contributed by atoms with Gasteiger partial charge in [0.25, 0.3) is 11.6 Å². The number of carboxylic acids is 2. The molecule has 0 saturated heterocycles. The van der Waals surface area contributed by atoms with Crippen LogP contribution >= 0.6 is 0 Å². The molecule has 0 aliphatic rings. The van der Waals surface area contributed by atoms with Crippen LogP contribution in [0.4, 0.5) is 17.1 Å². The van der Waals surface area contributed by atoms with Crippen LogP contribution in [0, 0.1) is 10.1 Å². The molecule has 0 bridgehead atoms. The smallest absolute Gasteiger partial charge is 0.335 e. The van der Waals surface area contributed by atoms with E-state index in [0.29, 0.717) is 0 Å². The zero-order chi connectivity index (χ0) is 24.0. The predicted octanol–water partition coefficient (Wildman–Crippen LogP) is 3.51. The van der Waals surface area contributed by atoms with Crippen molar-refractivity contribution >= 4 is 34.9 Å². The monoisotopic (exact) mass is 444 g/mol. The topological polar surface area (TPSA) is 201 Å². The molecule has 2 aromatic rings. The molecule has 32 heavy (non-hydrogen) atoms. The minimum Gasteiger partial charge on any atom is -0.510 e. The number of aliphatic hydroxyl groups excluding tert-OH is 1. The van der Waals surface area contributed by atoms with Crippen molar-refractivity contribution in [2.45, 2.75) is 6.92 Å². The minimum absolute atomic E-state index is 0.0152. The van der Waals surface area contributed by atoms with Gasteiger partial charge >= 0.3 is 11.9 Å². The number of non-ortho nitro benzene ring substituents is 1. The molecule has 0 aliphatic heterocycles. The average molecular weight is 444 g/mol. The first-order chi connectivity index (χ1) is 15.0. The number of anilines is 1. The Bertz CT molecular complexity index is 1140. The van der Waals surface area contributed by atoms with Gasteiger partial charge in [-0.15, -0.1) is 10.2 Å². The fourth-order valence-electron chi connectivity index (χ4n) is 2.39. The van der Waals surface area contributed by atoms with Crippen LogP contribution in [-0.4, -0.2) is 45.2 Å². The Balaban J connectivity index is 2.36. The van der Waals surface area contributed by atoms with E-state index in [0.717, 1.165) is 37.3 Å². The van der Waals surface area contributed by atoms with E-state index in [4.69, 9.17) is 14.9 Å². The Morgan fingerprint density at radius 3 is 2.09 bits per heavy atom. The highest BCUT2D eigenvalue weighted by atomic mass is 16.6. The number of aliphatic hydroxyl groups is 1. The second kappa shape index (κ2) is 9.80. The number of azo groups is 1. The third-order valence-electron chi connectivity index (χ3n) is 3.87. The van der Waals surface area contributed by atoms with Crippen molar-refractivity contribution in [1.82, 2.24) is 0 Å². The first-order valence-electron chi connectivity index (χ1n) is 8.60. The lowest BCUT2D eigenvalue weighted by atomic mass is 10.1. The summed E-state index contributed by atoms with van der Waals surface area (Å²) in [6.45, 7) is 1.14. The number of methoxy groups -OCH3 is 1. The van der Waals surface area contributed by atoms with E-state index in [1.165, 1.54) is 13.2 Å². The van der Waals surface area contributed by atoms with E-state index in [1.807, 2.05) is 0 Å². The highest BCUT2D eigenvalue weighted by Gasteiger charge is 2.18. The van der Waals surface area contributed by atoms with Gasteiger partial charge in [-0.05, 0) is 31.2 Å². The van der Waals surface area contributed by atoms with E-state index >= 15 is 0 Å². The molecule has 13 nitrogen and oxygen atoms in total. The summed E-state index contributed by atoms with van der Waals surface area (Å²) >= 11 is 0. The molecule has 166 valence electrons. The summed E-state index contributed by atoms with van der Waals surface area (Å²) in [5, 5.41) is 48.6. The van der Waals surface area contributed by atoms with Gasteiger partial charge in [-0.2, -0.15) is 0 Å². The van der Waals surface area contributed by atoms with E-state index < -0.39 is 34.2 Å². The number of aromatic carboxylic acids is 2. The number of carbonyl (C=O) groups excluding carboxylic acids is 1. The fourth-order valence-corrected chi connectivity index (χ4v) is 2.39. The Hall–Kier alpha value is -4.81. The first kappa shape index (κ1) is 23.5. The SMILES string of the molecule is COc1cc([N+](=O)[O-])ccc1N=NC(C(=O)Nc1cc(C(=O)O)cc(C(=O)O)c1)=C(C)O. The largest absolute Gasteiger partial charge is 0.510 e. The molecule has 0 atom stereocenters. The highest BCUT2D eigenvalue weighted by molar-refractivity contribution is 6.05. The quantitative estimate of drug-likeness (QED) is 0.154. The highest BCUT2D eigenvalue weighted by Crippen LogP contribution is 2.32. The molecule has 0 spiro atoms. The zero-order valence-electron chi connectivity index (χ0n) is 16.6. The average Bonchev–Trinajstić information content (AvgIpc) is 2.73. The van der Waals surface area contributed by atoms with Gasteiger partial charge in [0.1, 0.15) is 11.4 Å². The van der Waals surface area contributed by atoms with Crippen LogP contribution in [0.2, 0.25) is 0 Å². The lowest BCUT2D eigenvalue weighted by molar-refractivity contribution is -0.384. The standard InChI is InChI=1S/C19H16N4O9/c1-9(24)16(22-21-14-4-3-13(23(30)31)8-15(14)32-2)17(25)20-12-6-10(18(26)27)5-11(7-12)19(28)29/h3-8,24H,1-2H3,(H,20,25)(H,26,27)(H,28,29). The number of hydrogen-bond donors (Lipinski definition) is 4. The van der Waals surface area contributed by atoms with E-state index in [1.54, 1.807) is 0 Å². The van der Waals surface area contributed by atoms with E-state index in [2.05, 4.69) is 15.5 Å². The van der Waals surface area contributed by atoms with Crippen LogP contribution < -0.4 is 10.1 Å². The van der Waals surface area contributed by atoms with Gasteiger partial charge < -0.3 is 25.4 Å². The maximum Gasteiger partial charge on any atom is 0.335 e. The Labute approximate surface area is 179 Å². The molecule has 13 heteroatoms. The van der Waals surface area contributed by atoms with Crippen LogP contribution in [0.25, 0.3) is 0 Å². The Morgan fingerprint density at radius 2 is 1.62 bits per heavy atom. The molecule has 0 aliphatic carbocycles. The number of allylic oxidation sites excluding steroid dienone is 1. The van der Waals surface area contributed by atoms with Crippen molar-refractivity contribution in [3.8, 4) is 5.75 Å². The van der Waals surface area contributed by atoms with Crippen LogP contribution in [0.1, 0.15) is 27.6 Å². The van der Waals surface area contributed by atoms with Crippen LogP contribution in [0.15, 0.2) is 58.1 Å². The summed E-state index contributed by atoms with van der Waals surface area (Å²) < 4.78 is 5.01. The number of carboxylic acid groups (broad SMARTS) is 2. The van der Waals surface area contributed by atoms with Crippen molar-refractivity contribution < 1.29 is 39.4 Å². The fraction of sp³-hybridized carbons (Fsp3) is 0.105. The second-order valence-electron chi connectivity index (χ2n) is 6.11. The number of rotatable bonds is 8. The second-order valence-corrected chi connectivity index (χ2v) is 6.11. The van der Waals surface area contributed by atoms with Crippen LogP contribution in [0.5, 0.6) is 5.75 Å². The third-order valence-corrected chi connectivity index (χ3v) is 3.87. The lowest BCUT2D eigenvalue weighted by Crippen LogP contribution is -2.16. The number of amides is 1. The number of hydrogen-bond acceptors (Lipinski definition) is 9. The van der Waals surface area contributed by atoms with Gasteiger partial charge in [0, 0.05) is 11.8 Å². The number of ether oxygens (including phenoxy) is 1. The summed E-state index contributed by atoms with van der Waals surface area (Å²) in [5.74, 6) is -4.42. The molecule has 0 saturated carbocycles. The van der Waals surface area contributed by atoms with Crippen molar-refractivity contribution in [3.05, 3.63) is 69.1 Å². The van der Waals surface area contributed by atoms with Gasteiger partial charge in [0.15, 0.2) is 11.4 Å². The molecule has 0 heterocycles. The third kappa shape index (κ3) is 5.63. The number of nitro groups is 1. The lowest BCUT2D eigenvalue weighted by Gasteiger charge is -2.08. The molecule has 1 amide bonds. The number of carbonyl (C=O) groups is 3. The van der Waals surface area contributed by atoms with Gasteiger partial charge in [-0.3, -0.25) is 14.9 Å².